The Morgan fingerprint density at radius 3 is 1.11 bits per heavy atom. The second kappa shape index (κ2) is 13.1. The maximum absolute atomic E-state index is 8.55. The molecule has 0 aromatic heterocycles. The molecule has 9 heteroatoms. The van der Waals surface area contributed by atoms with Crippen LogP contribution in [0.2, 0.25) is 0 Å². The van der Waals surface area contributed by atoms with Crippen LogP contribution >= 0.6 is 7.82 Å². The predicted octanol–water partition coefficient (Wildman–Crippen LogP) is -2.83. The van der Waals surface area contributed by atoms with Gasteiger partial charge in [0, 0.05) is 0 Å². The van der Waals surface area contributed by atoms with E-state index >= 15 is 0 Å². The molecule has 0 aromatic rings. The van der Waals surface area contributed by atoms with Crippen LogP contribution in [0.4, 0.5) is 0 Å². The van der Waals surface area contributed by atoms with E-state index in [0.29, 0.717) is 0 Å². The fourth-order valence-corrected chi connectivity index (χ4v) is 0. The van der Waals surface area contributed by atoms with Crippen molar-refractivity contribution in [2.75, 3.05) is 0 Å². The van der Waals surface area contributed by atoms with Crippen molar-refractivity contribution in [2.24, 2.45) is 0 Å². The van der Waals surface area contributed by atoms with Crippen LogP contribution < -0.4 is 14.7 Å². The van der Waals surface area contributed by atoms with Gasteiger partial charge in [0.25, 0.3) is 0 Å². The van der Waals surface area contributed by atoms with Crippen LogP contribution in [0.3, 0.4) is 0 Å². The Morgan fingerprint density at radius 2 is 1.11 bits per heavy atom. The number of phosphoric acid groups is 1. The molecule has 0 atom stereocenters. The molecule has 0 aliphatic heterocycles. The Morgan fingerprint density at radius 1 is 1.11 bits per heavy atom. The summed E-state index contributed by atoms with van der Waals surface area (Å²) in [6.07, 6.45) is 0. The van der Waals surface area contributed by atoms with Crippen LogP contribution in [0.25, 0.3) is 0 Å². The van der Waals surface area contributed by atoms with Crippen molar-refractivity contribution < 1.29 is 94.6 Å². The molecule has 4 nitrogen and oxygen atoms in total. The average molecular weight is 319 g/mol. The Hall–Kier alpha value is 2.49. The maximum Gasteiger partial charge on any atom is 4.00 e. The smallest absolute Gasteiger partial charge is 0.822 e. The topological polar surface area (TPSA) is 86.2 Å². The summed E-state index contributed by atoms with van der Waals surface area (Å²) in [5.74, 6) is 0. The van der Waals surface area contributed by atoms with Gasteiger partial charge in [-0.1, -0.05) is 0 Å². The average Bonchev–Trinajstić information content (AvgIpc) is 0.722. The van der Waals surface area contributed by atoms with E-state index < -0.39 is 7.82 Å². The van der Waals surface area contributed by atoms with Gasteiger partial charge in [-0.25, -0.2) is 0 Å². The second-order valence-electron chi connectivity index (χ2n) is 0.447. The van der Waals surface area contributed by atoms with E-state index in [2.05, 4.69) is 0 Å². The van der Waals surface area contributed by atoms with Gasteiger partial charge in [0.15, 0.2) is 0 Å². The van der Waals surface area contributed by atoms with E-state index in [1.807, 2.05) is 0 Å². The minimum atomic E-state index is -5.39. The predicted molar refractivity (Wildman–Crippen MR) is 7.61 cm³/mol. The molecule has 0 unspecified atom stereocenters. The molecule has 0 amide bonds. The van der Waals surface area contributed by atoms with Crippen molar-refractivity contribution in [2.45, 2.75) is 0 Å². The van der Waals surface area contributed by atoms with Crippen molar-refractivity contribution >= 4 is 7.82 Å². The van der Waals surface area contributed by atoms with Crippen molar-refractivity contribution in [1.29, 1.82) is 0 Å². The number of hydrogen-bond acceptors (Lipinski definition) is 4. The van der Waals surface area contributed by atoms with Gasteiger partial charge in [-0.05, 0) is 0 Å². The van der Waals surface area contributed by atoms with Gasteiger partial charge in [0.2, 0.25) is 0 Å². The summed E-state index contributed by atoms with van der Waals surface area (Å²) in [6.45, 7) is 0. The van der Waals surface area contributed by atoms with Crippen LogP contribution in [-0.4, -0.2) is 0 Å². The first-order chi connectivity index (χ1) is 2.00. The van der Waals surface area contributed by atoms with Crippen LogP contribution in [0, 0.1) is 0 Å². The maximum atomic E-state index is 8.55. The third-order valence-corrected chi connectivity index (χ3v) is 0. The Bertz CT molecular complexity index is 66.7. The van der Waals surface area contributed by atoms with E-state index in [1.165, 1.54) is 0 Å². The minimum Gasteiger partial charge on any atom is -0.822 e. The van der Waals surface area contributed by atoms with Crippen LogP contribution in [0.15, 0.2) is 0 Å². The Balaban J connectivity index is -0.0000000133. The third kappa shape index (κ3) is 122. The fraction of sp³-hybridized carbons (Fsp3) is 0. The largest absolute Gasteiger partial charge is 4.00 e. The molecular formula is FeMnO4PTiZn+7. The van der Waals surface area contributed by atoms with E-state index in [9.17, 15) is 0 Å². The summed E-state index contributed by atoms with van der Waals surface area (Å²) in [5.41, 5.74) is 0. The Kier molecular flexibility index (Phi) is 43.7. The molecule has 0 spiro atoms. The van der Waals surface area contributed by atoms with Gasteiger partial charge < -0.3 is 19.2 Å². The van der Waals surface area contributed by atoms with Gasteiger partial charge in [-0.3, -0.25) is 0 Å². The molecule has 0 aliphatic rings. The summed E-state index contributed by atoms with van der Waals surface area (Å²) in [6, 6.07) is 0. The molecule has 0 heterocycles. The van der Waals surface area contributed by atoms with E-state index in [4.69, 9.17) is 19.2 Å². The van der Waals surface area contributed by atoms with E-state index in [-0.39, 0.29) is 75.3 Å². The van der Waals surface area contributed by atoms with Crippen LogP contribution in [0.5, 0.6) is 0 Å². The van der Waals surface area contributed by atoms with Crippen molar-refractivity contribution in [1.82, 2.24) is 0 Å². The quantitative estimate of drug-likeness (QED) is 0.356. The summed E-state index contributed by atoms with van der Waals surface area (Å²) in [5, 5.41) is 0. The SMILES string of the molecule is O=P([O-])([O-])[O-].[Fe+2].[Mn+2].[Ti+4].[Zn+2]. The summed E-state index contributed by atoms with van der Waals surface area (Å²) in [7, 11) is -5.39. The van der Waals surface area contributed by atoms with Gasteiger partial charge in [-0.2, -0.15) is 7.82 Å². The van der Waals surface area contributed by atoms with Crippen molar-refractivity contribution in [3.8, 4) is 0 Å². The zero-order valence-electron chi connectivity index (χ0n) is 4.02. The molecule has 0 saturated carbocycles. The Labute approximate surface area is 101 Å². The van der Waals surface area contributed by atoms with Gasteiger partial charge >= 0.3 is 75.3 Å². The number of hydrogen-bond donors (Lipinski definition) is 0. The molecule has 0 aromatic carbocycles. The molecule has 0 bridgehead atoms. The van der Waals surface area contributed by atoms with Gasteiger partial charge in [-0.15, -0.1) is 0 Å². The molecule has 0 rings (SSSR count). The molecule has 1 radical (unpaired) electrons. The van der Waals surface area contributed by atoms with Gasteiger partial charge in [0.05, 0.1) is 0 Å². The van der Waals surface area contributed by atoms with E-state index in [1.54, 1.807) is 0 Å². The van der Waals surface area contributed by atoms with Crippen molar-refractivity contribution in [3.05, 3.63) is 0 Å². The van der Waals surface area contributed by atoms with Crippen LogP contribution in [-0.2, 0) is 79.9 Å². The molecule has 0 saturated heterocycles. The third-order valence-electron chi connectivity index (χ3n) is 0. The molecule has 9 heavy (non-hydrogen) atoms. The molecular weight excluding hydrogens is 319 g/mol. The zero-order valence-corrected chi connectivity index (χ0v) is 11.7. The first kappa shape index (κ1) is 30.0. The standard InChI is InChI=1S/Fe.Mn.H3O4P.Ti.Zn/c;;1-5(2,3)4;;/h;;(H3,1,2,3,4);;/q2*+2;;+4;+2/p-3. The molecule has 0 N–H and O–H groups in total. The van der Waals surface area contributed by atoms with Crippen LogP contribution in [0.1, 0.15) is 0 Å². The second-order valence-corrected chi connectivity index (χ2v) is 1.34. The summed E-state index contributed by atoms with van der Waals surface area (Å²) >= 11 is 0. The first-order valence-electron chi connectivity index (χ1n) is 0.730. The zero-order chi connectivity index (χ0) is 4.50. The fourth-order valence-electron chi connectivity index (χ4n) is 0. The molecule has 0 aliphatic carbocycles. The summed E-state index contributed by atoms with van der Waals surface area (Å²) in [4.78, 5) is 25.6. The summed E-state index contributed by atoms with van der Waals surface area (Å²) < 4.78 is 8.55. The van der Waals surface area contributed by atoms with E-state index in [0.717, 1.165) is 0 Å². The number of rotatable bonds is 0. The molecule has 43 valence electrons. The van der Waals surface area contributed by atoms with Gasteiger partial charge in [0.1, 0.15) is 0 Å². The van der Waals surface area contributed by atoms with Crippen molar-refractivity contribution in [3.63, 3.8) is 0 Å². The molecule has 0 fully saturated rings. The minimum absolute atomic E-state index is 0. The normalized spacial score (nSPS) is 6.56. The first-order valence-corrected chi connectivity index (χ1v) is 2.19. The monoisotopic (exact) mass is 318 g/mol.